The molecule has 44 heavy (non-hydrogen) atoms. The number of fused-ring (bicyclic) bond motifs is 2. The van der Waals surface area contributed by atoms with Crippen LogP contribution in [0.5, 0.6) is 5.75 Å². The van der Waals surface area contributed by atoms with Gasteiger partial charge in [0.25, 0.3) is 11.2 Å². The summed E-state index contributed by atoms with van der Waals surface area (Å²) in [7, 11) is 2.80. The number of allylic oxidation sites excluding steroid dienone is 1. The third-order valence-electron chi connectivity index (χ3n) is 7.52. The van der Waals surface area contributed by atoms with Gasteiger partial charge in [-0.3, -0.25) is 19.5 Å². The number of hydrogen-bond donors (Lipinski definition) is 0. The Bertz CT molecular complexity index is 2180. The predicted octanol–water partition coefficient (Wildman–Crippen LogP) is 4.98. The number of nitro groups is 1. The van der Waals surface area contributed by atoms with Crippen LogP contribution in [0.2, 0.25) is 5.02 Å². The Hall–Kier alpha value is -5.00. The largest absolute Gasteiger partial charge is 0.496 e. The van der Waals surface area contributed by atoms with Gasteiger partial charge in [-0.2, -0.15) is 0 Å². The van der Waals surface area contributed by atoms with E-state index in [2.05, 4.69) is 4.99 Å². The number of thiazole rings is 1. The van der Waals surface area contributed by atoms with Crippen LogP contribution in [0.4, 0.5) is 5.69 Å². The van der Waals surface area contributed by atoms with Gasteiger partial charge in [0.1, 0.15) is 11.8 Å². The SMILES string of the molecule is COC(=O)C1=C(C)N=c2s/c(=C\c3cn(Cc4ccc([N+](=O)[O-])cc4)c4ccccc34)c(=O)n2[C@H]1c1cc(Cl)ccc1OC. The monoisotopic (exact) mass is 628 g/mol. The molecule has 0 bridgehead atoms. The number of methoxy groups -OCH3 is 2. The molecule has 1 aliphatic rings. The van der Waals surface area contributed by atoms with E-state index < -0.39 is 16.9 Å². The third kappa shape index (κ3) is 5.10. The summed E-state index contributed by atoms with van der Waals surface area (Å²) in [6.07, 6.45) is 3.77. The number of benzene rings is 3. The first-order valence-electron chi connectivity index (χ1n) is 13.5. The first kappa shape index (κ1) is 29.1. The molecule has 5 aromatic rings. The van der Waals surface area contributed by atoms with Crippen LogP contribution < -0.4 is 19.6 Å². The summed E-state index contributed by atoms with van der Waals surface area (Å²) >= 11 is 7.59. The van der Waals surface area contributed by atoms with E-state index in [1.807, 2.05) is 41.1 Å². The van der Waals surface area contributed by atoms with Gasteiger partial charge in [-0.25, -0.2) is 9.79 Å². The molecule has 0 aliphatic carbocycles. The van der Waals surface area contributed by atoms with E-state index in [1.165, 1.54) is 42.3 Å². The van der Waals surface area contributed by atoms with Gasteiger partial charge in [0, 0.05) is 51.9 Å². The highest BCUT2D eigenvalue weighted by Crippen LogP contribution is 2.37. The number of nitrogens with zero attached hydrogens (tertiary/aromatic N) is 4. The van der Waals surface area contributed by atoms with Crippen molar-refractivity contribution >= 4 is 51.6 Å². The number of aromatic nitrogens is 2. The van der Waals surface area contributed by atoms with Gasteiger partial charge in [-0.15, -0.1) is 0 Å². The number of ether oxygens (including phenoxy) is 2. The number of carbonyl (C=O) groups is 1. The zero-order valence-corrected chi connectivity index (χ0v) is 25.4. The highest BCUT2D eigenvalue weighted by atomic mass is 35.5. The molecule has 0 saturated carbocycles. The average Bonchev–Trinajstić information content (AvgIpc) is 3.52. The number of halogens is 1. The van der Waals surface area contributed by atoms with Crippen molar-refractivity contribution in [3.8, 4) is 5.75 Å². The maximum absolute atomic E-state index is 14.1. The Kier molecular flexibility index (Phi) is 7.66. The van der Waals surface area contributed by atoms with Gasteiger partial charge in [0.2, 0.25) is 0 Å². The predicted molar refractivity (Wildman–Crippen MR) is 168 cm³/mol. The molecule has 0 radical (unpaired) electrons. The molecule has 10 nitrogen and oxygen atoms in total. The summed E-state index contributed by atoms with van der Waals surface area (Å²) in [5.41, 5.74) is 3.51. The highest BCUT2D eigenvalue weighted by molar-refractivity contribution is 7.07. The van der Waals surface area contributed by atoms with E-state index in [0.29, 0.717) is 37.9 Å². The fourth-order valence-corrected chi connectivity index (χ4v) is 6.71. The zero-order valence-electron chi connectivity index (χ0n) is 23.8. The number of carbonyl (C=O) groups excluding carboxylic acids is 1. The molecular formula is C32H25ClN4O6S. The fourth-order valence-electron chi connectivity index (χ4n) is 5.49. The number of nitro benzene ring substituents is 1. The molecule has 0 spiro atoms. The van der Waals surface area contributed by atoms with Gasteiger partial charge >= 0.3 is 5.97 Å². The van der Waals surface area contributed by atoms with Crippen molar-refractivity contribution in [2.45, 2.75) is 19.5 Å². The molecule has 1 atom stereocenters. The lowest BCUT2D eigenvalue weighted by Crippen LogP contribution is -2.40. The molecule has 3 aromatic carbocycles. The number of non-ortho nitro benzene ring substituents is 1. The van der Waals surface area contributed by atoms with Crippen LogP contribution in [0.25, 0.3) is 17.0 Å². The van der Waals surface area contributed by atoms with E-state index in [4.69, 9.17) is 21.1 Å². The van der Waals surface area contributed by atoms with Crippen molar-refractivity contribution in [3.05, 3.63) is 136 Å². The number of hydrogen-bond acceptors (Lipinski definition) is 8. The van der Waals surface area contributed by atoms with Crippen molar-refractivity contribution in [2.24, 2.45) is 4.99 Å². The summed E-state index contributed by atoms with van der Waals surface area (Å²) in [6.45, 7) is 2.18. The number of rotatable bonds is 7. The molecule has 0 fully saturated rings. The highest BCUT2D eigenvalue weighted by Gasteiger charge is 2.35. The molecule has 0 unspecified atom stereocenters. The minimum Gasteiger partial charge on any atom is -0.496 e. The smallest absolute Gasteiger partial charge is 0.338 e. The van der Waals surface area contributed by atoms with Crippen LogP contribution in [0.3, 0.4) is 0 Å². The molecule has 0 N–H and O–H groups in total. The van der Waals surface area contributed by atoms with Crippen molar-refractivity contribution in [2.75, 3.05) is 14.2 Å². The fraction of sp³-hybridized carbons (Fsp3) is 0.156. The van der Waals surface area contributed by atoms with Crippen LogP contribution in [0.1, 0.15) is 29.7 Å². The van der Waals surface area contributed by atoms with Gasteiger partial charge in [-0.1, -0.05) is 53.3 Å². The third-order valence-corrected chi connectivity index (χ3v) is 8.74. The van der Waals surface area contributed by atoms with Crippen LogP contribution >= 0.6 is 22.9 Å². The first-order chi connectivity index (χ1) is 21.2. The zero-order chi connectivity index (χ0) is 31.1. The Balaban J connectivity index is 1.51. The Morgan fingerprint density at radius 3 is 2.59 bits per heavy atom. The second-order valence-electron chi connectivity index (χ2n) is 10.1. The van der Waals surface area contributed by atoms with E-state index in [0.717, 1.165) is 22.0 Å². The van der Waals surface area contributed by atoms with Crippen molar-refractivity contribution in [3.63, 3.8) is 0 Å². The Morgan fingerprint density at radius 2 is 1.89 bits per heavy atom. The van der Waals surface area contributed by atoms with Gasteiger partial charge < -0.3 is 14.0 Å². The normalized spacial score (nSPS) is 14.8. The van der Waals surface area contributed by atoms with Crippen molar-refractivity contribution in [1.29, 1.82) is 0 Å². The maximum Gasteiger partial charge on any atom is 0.338 e. The standard InChI is InChI=1S/C32H25ClN4O6S/c1-18-28(31(39)43-3)29(24-15-21(33)10-13-26(24)42-2)36-30(38)27(44-32(36)34-18)14-20-17-35(25-7-5-4-6-23(20)25)16-19-8-11-22(12-9-19)37(40)41/h4-15,17,29H,16H2,1-3H3/b27-14-/t29-/m0/s1. The minimum atomic E-state index is -0.877. The lowest BCUT2D eigenvalue weighted by Gasteiger charge is -2.25. The average molecular weight is 629 g/mol. The second-order valence-corrected chi connectivity index (χ2v) is 11.6. The van der Waals surface area contributed by atoms with E-state index in [9.17, 15) is 19.7 Å². The van der Waals surface area contributed by atoms with Gasteiger partial charge in [-0.05, 0) is 42.8 Å². The van der Waals surface area contributed by atoms with Gasteiger partial charge in [0.05, 0.1) is 34.9 Å². The number of esters is 1. The Morgan fingerprint density at radius 1 is 1.14 bits per heavy atom. The summed E-state index contributed by atoms with van der Waals surface area (Å²) < 4.78 is 14.7. The molecule has 6 rings (SSSR count). The van der Waals surface area contributed by atoms with Crippen molar-refractivity contribution < 1.29 is 19.2 Å². The van der Waals surface area contributed by atoms with E-state index >= 15 is 0 Å². The maximum atomic E-state index is 14.1. The van der Waals surface area contributed by atoms with Gasteiger partial charge in [0.15, 0.2) is 4.80 Å². The quantitative estimate of drug-likeness (QED) is 0.143. The van der Waals surface area contributed by atoms with E-state index in [-0.39, 0.29) is 16.8 Å². The van der Waals surface area contributed by atoms with Crippen molar-refractivity contribution in [1.82, 2.24) is 9.13 Å². The second kappa shape index (κ2) is 11.6. The summed E-state index contributed by atoms with van der Waals surface area (Å²) in [4.78, 5) is 42.9. The lowest BCUT2D eigenvalue weighted by molar-refractivity contribution is -0.384. The van der Waals surface area contributed by atoms with Crippen LogP contribution in [-0.2, 0) is 16.1 Å². The van der Waals surface area contributed by atoms with E-state index in [1.54, 1.807) is 37.3 Å². The molecule has 1 aliphatic heterocycles. The molecule has 2 aromatic heterocycles. The molecule has 12 heteroatoms. The lowest BCUT2D eigenvalue weighted by atomic mass is 9.95. The van der Waals surface area contributed by atoms with Crippen LogP contribution in [0, 0.1) is 10.1 Å². The topological polar surface area (TPSA) is 118 Å². The molecule has 0 saturated heterocycles. The number of para-hydroxylation sites is 1. The molecule has 3 heterocycles. The van der Waals surface area contributed by atoms with Crippen LogP contribution in [0.15, 0.2) is 94.0 Å². The summed E-state index contributed by atoms with van der Waals surface area (Å²) in [5.74, 6) is -0.152. The first-order valence-corrected chi connectivity index (χ1v) is 14.6. The Labute approximate surface area is 259 Å². The van der Waals surface area contributed by atoms with Crippen LogP contribution in [-0.4, -0.2) is 34.2 Å². The molecule has 222 valence electrons. The molecule has 0 amide bonds. The minimum absolute atomic E-state index is 0.0291. The summed E-state index contributed by atoms with van der Waals surface area (Å²) in [5, 5.41) is 12.4. The molecular weight excluding hydrogens is 604 g/mol. The summed E-state index contributed by atoms with van der Waals surface area (Å²) in [6, 6.07) is 18.4.